The van der Waals surface area contributed by atoms with Crippen LogP contribution in [0.4, 0.5) is 5.95 Å². The summed E-state index contributed by atoms with van der Waals surface area (Å²) >= 11 is 0. The van der Waals surface area contributed by atoms with Crippen LogP contribution in [0.1, 0.15) is 24.5 Å². The third kappa shape index (κ3) is 4.23. The van der Waals surface area contributed by atoms with Crippen LogP contribution in [0.2, 0.25) is 0 Å². The molecule has 1 saturated heterocycles. The van der Waals surface area contributed by atoms with E-state index in [1.165, 1.54) is 6.08 Å². The summed E-state index contributed by atoms with van der Waals surface area (Å²) in [7, 11) is 3.34. The topological polar surface area (TPSA) is 76.6 Å². The summed E-state index contributed by atoms with van der Waals surface area (Å²) in [5.74, 6) is 2.10. The second-order valence-corrected chi connectivity index (χ2v) is 8.49. The van der Waals surface area contributed by atoms with E-state index in [-0.39, 0.29) is 18.0 Å². The molecule has 3 aromatic rings. The van der Waals surface area contributed by atoms with Crippen LogP contribution in [-0.4, -0.2) is 53.6 Å². The number of ether oxygens (including phenoxy) is 2. The van der Waals surface area contributed by atoms with E-state index in [9.17, 15) is 4.79 Å². The molecule has 7 heteroatoms. The number of rotatable bonds is 6. The van der Waals surface area contributed by atoms with E-state index in [1.54, 1.807) is 14.2 Å². The smallest absolute Gasteiger partial charge is 0.246 e. The Morgan fingerprint density at radius 1 is 1.18 bits per heavy atom. The quantitative estimate of drug-likeness (QED) is 0.561. The van der Waals surface area contributed by atoms with Crippen LogP contribution in [0.5, 0.6) is 11.5 Å². The summed E-state index contributed by atoms with van der Waals surface area (Å²) in [5.41, 5.74) is 5.11. The maximum absolute atomic E-state index is 12.0. The zero-order valence-corrected chi connectivity index (χ0v) is 19.8. The van der Waals surface area contributed by atoms with Crippen molar-refractivity contribution >= 4 is 22.8 Å². The molecule has 0 bridgehead atoms. The van der Waals surface area contributed by atoms with Crippen molar-refractivity contribution in [1.82, 2.24) is 14.9 Å². The Labute approximate surface area is 194 Å². The molecule has 1 amide bonds. The average molecular weight is 447 g/mol. The first-order chi connectivity index (χ1) is 15.9. The molecule has 0 saturated carbocycles. The van der Waals surface area contributed by atoms with Gasteiger partial charge in [-0.25, -0.2) is 9.97 Å². The van der Waals surface area contributed by atoms with E-state index < -0.39 is 0 Å². The molecule has 0 radical (unpaired) electrons. The van der Waals surface area contributed by atoms with E-state index in [0.29, 0.717) is 12.5 Å². The molecule has 1 fully saturated rings. The summed E-state index contributed by atoms with van der Waals surface area (Å²) in [4.78, 5) is 23.1. The number of hydrogen-bond acceptors (Lipinski definition) is 6. The summed E-state index contributed by atoms with van der Waals surface area (Å²) < 4.78 is 11.1. The number of benzene rings is 2. The van der Waals surface area contributed by atoms with E-state index in [1.807, 2.05) is 30.2 Å². The van der Waals surface area contributed by atoms with Gasteiger partial charge in [0.25, 0.3) is 0 Å². The van der Waals surface area contributed by atoms with Crippen LogP contribution in [-0.2, 0) is 4.79 Å². The van der Waals surface area contributed by atoms with Gasteiger partial charge in [0.2, 0.25) is 11.9 Å². The van der Waals surface area contributed by atoms with Crippen molar-refractivity contribution in [2.75, 3.05) is 26.1 Å². The Hall–Kier alpha value is -3.61. The molecule has 1 aliphatic heterocycles. The second-order valence-electron chi connectivity index (χ2n) is 8.49. The average Bonchev–Trinajstić information content (AvgIpc) is 3.18. The van der Waals surface area contributed by atoms with Gasteiger partial charge in [0.1, 0.15) is 11.5 Å². The van der Waals surface area contributed by atoms with Gasteiger partial charge in [-0.2, -0.15) is 0 Å². The van der Waals surface area contributed by atoms with Crippen molar-refractivity contribution in [1.29, 1.82) is 0 Å². The molecular weight excluding hydrogens is 416 g/mol. The molecule has 2 aromatic carbocycles. The zero-order valence-electron chi connectivity index (χ0n) is 19.8. The molecule has 4 rings (SSSR count). The van der Waals surface area contributed by atoms with Gasteiger partial charge in [0, 0.05) is 36.3 Å². The predicted molar refractivity (Wildman–Crippen MR) is 131 cm³/mol. The number of hydrogen-bond donors (Lipinski definition) is 1. The molecule has 1 N–H and O–H groups in total. The molecular formula is C26H30N4O3. The molecule has 1 aromatic heterocycles. The number of amides is 1. The SMILES string of the molecule is C=CC(=O)N1CC(Nc2ncc3cc(-c4c(C)c(OC)cc(OC)c4C)ccc3n2)CC1C. The third-order valence-electron chi connectivity index (χ3n) is 6.43. The Balaban J connectivity index is 1.62. The Morgan fingerprint density at radius 3 is 2.52 bits per heavy atom. The first-order valence-corrected chi connectivity index (χ1v) is 11.0. The molecule has 1 aliphatic rings. The molecule has 2 unspecified atom stereocenters. The predicted octanol–water partition coefficient (Wildman–Crippen LogP) is 4.52. The summed E-state index contributed by atoms with van der Waals surface area (Å²) in [6.07, 6.45) is 4.04. The van der Waals surface area contributed by atoms with Crippen LogP contribution in [0.15, 0.2) is 43.1 Å². The fourth-order valence-electron chi connectivity index (χ4n) is 4.72. The number of likely N-dealkylation sites (tertiary alicyclic amines) is 1. The van der Waals surface area contributed by atoms with Crippen molar-refractivity contribution in [2.45, 2.75) is 39.3 Å². The van der Waals surface area contributed by atoms with E-state index in [4.69, 9.17) is 14.5 Å². The van der Waals surface area contributed by atoms with Gasteiger partial charge in [-0.1, -0.05) is 12.6 Å². The largest absolute Gasteiger partial charge is 0.496 e. The number of aromatic nitrogens is 2. The molecule has 0 aliphatic carbocycles. The minimum Gasteiger partial charge on any atom is -0.496 e. The lowest BCUT2D eigenvalue weighted by Crippen LogP contribution is -2.33. The van der Waals surface area contributed by atoms with Gasteiger partial charge in [0.15, 0.2) is 0 Å². The van der Waals surface area contributed by atoms with Crippen molar-refractivity contribution in [3.8, 4) is 22.6 Å². The summed E-state index contributed by atoms with van der Waals surface area (Å²) in [5, 5.41) is 4.33. The first kappa shape index (κ1) is 22.6. The molecule has 2 atom stereocenters. The molecule has 0 spiro atoms. The number of anilines is 1. The standard InChI is InChI=1S/C26H30N4O3/c1-7-24(31)30-14-20(10-15(30)2)28-26-27-13-19-11-18(8-9-21(19)29-26)25-16(3)22(32-5)12-23(33-6)17(25)4/h7-9,11-13,15,20H,1,10,14H2,2-6H3,(H,27,28,29). The van der Waals surface area contributed by atoms with Crippen LogP contribution in [0, 0.1) is 13.8 Å². The maximum atomic E-state index is 12.0. The minimum absolute atomic E-state index is 0.0430. The van der Waals surface area contributed by atoms with Crippen molar-refractivity contribution in [3.63, 3.8) is 0 Å². The number of fused-ring (bicyclic) bond motifs is 1. The summed E-state index contributed by atoms with van der Waals surface area (Å²) in [6.45, 7) is 10.4. The molecule has 172 valence electrons. The van der Waals surface area contributed by atoms with Gasteiger partial charge < -0.3 is 19.7 Å². The summed E-state index contributed by atoms with van der Waals surface area (Å²) in [6, 6.07) is 8.35. The van der Waals surface area contributed by atoms with E-state index in [2.05, 4.69) is 42.9 Å². The Bertz CT molecular complexity index is 1200. The van der Waals surface area contributed by atoms with Gasteiger partial charge in [0.05, 0.1) is 19.7 Å². The lowest BCUT2D eigenvalue weighted by Gasteiger charge is -2.19. The number of carbonyl (C=O) groups excluding carboxylic acids is 1. The van der Waals surface area contributed by atoms with E-state index in [0.717, 1.165) is 51.1 Å². The van der Waals surface area contributed by atoms with Crippen LogP contribution in [0.25, 0.3) is 22.0 Å². The van der Waals surface area contributed by atoms with Gasteiger partial charge in [-0.15, -0.1) is 0 Å². The van der Waals surface area contributed by atoms with E-state index >= 15 is 0 Å². The normalized spacial score (nSPS) is 17.8. The fraction of sp³-hybridized carbons (Fsp3) is 0.346. The highest BCUT2D eigenvalue weighted by Crippen LogP contribution is 2.39. The highest BCUT2D eigenvalue weighted by atomic mass is 16.5. The zero-order chi connectivity index (χ0) is 23.7. The maximum Gasteiger partial charge on any atom is 0.246 e. The Morgan fingerprint density at radius 2 is 1.88 bits per heavy atom. The number of nitrogens with one attached hydrogen (secondary N) is 1. The highest BCUT2D eigenvalue weighted by molar-refractivity contribution is 5.88. The number of carbonyl (C=O) groups is 1. The Kier molecular flexibility index (Phi) is 6.22. The van der Waals surface area contributed by atoms with Crippen LogP contribution < -0.4 is 14.8 Å². The van der Waals surface area contributed by atoms with Crippen molar-refractivity contribution in [2.24, 2.45) is 0 Å². The minimum atomic E-state index is -0.0430. The lowest BCUT2D eigenvalue weighted by molar-refractivity contribution is -0.126. The van der Waals surface area contributed by atoms with Crippen molar-refractivity contribution in [3.05, 3.63) is 54.2 Å². The van der Waals surface area contributed by atoms with Gasteiger partial charge in [-0.3, -0.25) is 4.79 Å². The molecule has 7 nitrogen and oxygen atoms in total. The lowest BCUT2D eigenvalue weighted by atomic mass is 9.93. The van der Waals surface area contributed by atoms with Gasteiger partial charge in [-0.05, 0) is 67.7 Å². The fourth-order valence-corrected chi connectivity index (χ4v) is 4.72. The van der Waals surface area contributed by atoms with Crippen LogP contribution in [0.3, 0.4) is 0 Å². The molecule has 33 heavy (non-hydrogen) atoms. The highest BCUT2D eigenvalue weighted by Gasteiger charge is 2.31. The number of nitrogens with zero attached hydrogens (tertiary/aromatic N) is 3. The van der Waals surface area contributed by atoms with Crippen LogP contribution >= 0.6 is 0 Å². The second kappa shape index (κ2) is 9.10. The van der Waals surface area contributed by atoms with Gasteiger partial charge >= 0.3 is 0 Å². The monoisotopic (exact) mass is 446 g/mol. The number of methoxy groups -OCH3 is 2. The molecule has 2 heterocycles. The first-order valence-electron chi connectivity index (χ1n) is 11.0. The van der Waals surface area contributed by atoms with Crippen molar-refractivity contribution < 1.29 is 14.3 Å². The third-order valence-corrected chi connectivity index (χ3v) is 6.43.